The van der Waals surface area contributed by atoms with Gasteiger partial charge in [0.25, 0.3) is 0 Å². The number of hydrogen-bond acceptors (Lipinski definition) is 4. The molecule has 4 aromatic rings. The van der Waals surface area contributed by atoms with Crippen molar-refractivity contribution in [2.45, 2.75) is 6.42 Å². The molecule has 142 valence electrons. The number of hydrogen-bond donors (Lipinski definition) is 4. The highest BCUT2D eigenvalue weighted by Crippen LogP contribution is 2.46. The van der Waals surface area contributed by atoms with Crippen molar-refractivity contribution in [3.05, 3.63) is 83.9 Å². The van der Waals surface area contributed by atoms with E-state index in [9.17, 15) is 0 Å². The molecule has 0 fully saturated rings. The molecule has 0 radical (unpaired) electrons. The lowest BCUT2D eigenvalue weighted by Crippen LogP contribution is -1.98. The minimum absolute atomic E-state index is 0.578. The summed E-state index contributed by atoms with van der Waals surface area (Å²) in [5.74, 6) is 0. The maximum atomic E-state index is 6.16. The lowest BCUT2D eigenvalue weighted by Gasteiger charge is -2.17. The van der Waals surface area contributed by atoms with Crippen molar-refractivity contribution in [3.8, 4) is 33.4 Å². The van der Waals surface area contributed by atoms with Gasteiger partial charge in [-0.05, 0) is 75.2 Å². The van der Waals surface area contributed by atoms with Gasteiger partial charge in [0.05, 0.1) is 22.7 Å². The summed E-state index contributed by atoms with van der Waals surface area (Å²) in [6, 6.07) is 24.6. The van der Waals surface area contributed by atoms with Crippen molar-refractivity contribution in [2.24, 2.45) is 0 Å². The van der Waals surface area contributed by atoms with E-state index >= 15 is 0 Å². The van der Waals surface area contributed by atoms with Crippen LogP contribution in [0.3, 0.4) is 0 Å². The summed E-state index contributed by atoms with van der Waals surface area (Å²) in [6.45, 7) is 0. The molecule has 1 aliphatic carbocycles. The number of fused-ring (bicyclic) bond motifs is 3. The summed E-state index contributed by atoms with van der Waals surface area (Å²) < 4.78 is 0. The van der Waals surface area contributed by atoms with Gasteiger partial charge < -0.3 is 22.9 Å². The molecule has 4 nitrogen and oxygen atoms in total. The molecular weight excluding hydrogens is 356 g/mol. The number of anilines is 4. The minimum atomic E-state index is 0.578. The highest BCUT2D eigenvalue weighted by Gasteiger charge is 2.24. The molecular formula is C25H22N4. The Balaban J connectivity index is 1.81. The standard InChI is InChI=1S/C25H22N4/c26-21-9-5-15(12-23(21)28)18-7-8-19-17-4-2-1-3-14(17)11-20(19)25(18)16-6-10-22(27)24(29)13-16/h1-10,12-13H,11,26-29H2. The van der Waals surface area contributed by atoms with E-state index in [4.69, 9.17) is 22.9 Å². The van der Waals surface area contributed by atoms with Gasteiger partial charge in [-0.3, -0.25) is 0 Å². The van der Waals surface area contributed by atoms with Gasteiger partial charge in [-0.2, -0.15) is 0 Å². The van der Waals surface area contributed by atoms with Crippen LogP contribution in [0.25, 0.3) is 33.4 Å². The van der Waals surface area contributed by atoms with Crippen LogP contribution in [-0.2, 0) is 6.42 Å². The fraction of sp³-hybridized carbons (Fsp3) is 0.0400. The second-order valence-corrected chi connectivity index (χ2v) is 7.54. The predicted molar refractivity (Wildman–Crippen MR) is 123 cm³/mol. The van der Waals surface area contributed by atoms with Crippen LogP contribution in [0.1, 0.15) is 11.1 Å². The normalized spacial score (nSPS) is 11.9. The molecule has 8 N–H and O–H groups in total. The number of benzene rings is 4. The summed E-state index contributed by atoms with van der Waals surface area (Å²) >= 11 is 0. The first-order valence-electron chi connectivity index (χ1n) is 9.58. The molecule has 0 amide bonds. The number of rotatable bonds is 2. The molecule has 4 heteroatoms. The van der Waals surface area contributed by atoms with Crippen LogP contribution >= 0.6 is 0 Å². The topological polar surface area (TPSA) is 104 Å². The third kappa shape index (κ3) is 2.69. The number of nitrogens with two attached hydrogens (primary N) is 4. The van der Waals surface area contributed by atoms with E-state index in [1.54, 1.807) is 0 Å². The highest BCUT2D eigenvalue weighted by molar-refractivity contribution is 5.95. The van der Waals surface area contributed by atoms with Crippen LogP contribution in [0.4, 0.5) is 22.7 Å². The van der Waals surface area contributed by atoms with E-state index in [2.05, 4.69) is 36.4 Å². The summed E-state index contributed by atoms with van der Waals surface area (Å²) in [4.78, 5) is 0. The van der Waals surface area contributed by atoms with Crippen LogP contribution in [0, 0.1) is 0 Å². The maximum absolute atomic E-state index is 6.16. The molecule has 0 aliphatic heterocycles. The smallest absolute Gasteiger partial charge is 0.0554 e. The van der Waals surface area contributed by atoms with Gasteiger partial charge in [-0.1, -0.05) is 48.5 Å². The van der Waals surface area contributed by atoms with Crippen LogP contribution in [0.2, 0.25) is 0 Å². The predicted octanol–water partition coefficient (Wildman–Crippen LogP) is 4.92. The molecule has 0 saturated carbocycles. The fourth-order valence-corrected chi connectivity index (χ4v) is 4.25. The largest absolute Gasteiger partial charge is 0.397 e. The Kier molecular flexibility index (Phi) is 3.74. The maximum Gasteiger partial charge on any atom is 0.0554 e. The first-order chi connectivity index (χ1) is 14.0. The Morgan fingerprint density at radius 2 is 1.14 bits per heavy atom. The van der Waals surface area contributed by atoms with E-state index in [0.717, 1.165) is 28.7 Å². The molecule has 1 aliphatic rings. The van der Waals surface area contributed by atoms with Crippen LogP contribution in [0.15, 0.2) is 72.8 Å². The van der Waals surface area contributed by atoms with Crippen molar-refractivity contribution in [3.63, 3.8) is 0 Å². The fourth-order valence-electron chi connectivity index (χ4n) is 4.25. The van der Waals surface area contributed by atoms with E-state index in [1.807, 2.05) is 36.4 Å². The minimum Gasteiger partial charge on any atom is -0.397 e. The zero-order valence-electron chi connectivity index (χ0n) is 15.9. The molecule has 5 rings (SSSR count). The van der Waals surface area contributed by atoms with Crippen molar-refractivity contribution in [2.75, 3.05) is 22.9 Å². The summed E-state index contributed by atoms with van der Waals surface area (Å²) in [7, 11) is 0. The molecule has 0 bridgehead atoms. The Hall–Kier alpha value is -3.92. The SMILES string of the molecule is Nc1ccc(-c2ccc3c(c2-c2ccc(N)c(N)c2)Cc2ccccc2-3)cc1N. The number of nitrogen functional groups attached to an aromatic ring is 4. The van der Waals surface area contributed by atoms with E-state index in [1.165, 1.54) is 22.3 Å². The first-order valence-corrected chi connectivity index (χ1v) is 9.58. The van der Waals surface area contributed by atoms with E-state index in [-0.39, 0.29) is 0 Å². The zero-order valence-corrected chi connectivity index (χ0v) is 15.9. The molecule has 0 spiro atoms. The Morgan fingerprint density at radius 1 is 0.517 bits per heavy atom. The molecule has 0 unspecified atom stereocenters. The van der Waals surface area contributed by atoms with Gasteiger partial charge in [-0.25, -0.2) is 0 Å². The van der Waals surface area contributed by atoms with Crippen molar-refractivity contribution < 1.29 is 0 Å². The lowest BCUT2D eigenvalue weighted by atomic mass is 9.87. The molecule has 0 heterocycles. The van der Waals surface area contributed by atoms with Gasteiger partial charge in [-0.15, -0.1) is 0 Å². The quantitative estimate of drug-likeness (QED) is 0.327. The monoisotopic (exact) mass is 378 g/mol. The van der Waals surface area contributed by atoms with E-state index in [0.29, 0.717) is 22.7 Å². The van der Waals surface area contributed by atoms with Crippen molar-refractivity contribution >= 4 is 22.7 Å². The molecule has 4 aromatic carbocycles. The second-order valence-electron chi connectivity index (χ2n) is 7.54. The van der Waals surface area contributed by atoms with Crippen LogP contribution in [0.5, 0.6) is 0 Å². The lowest BCUT2D eigenvalue weighted by molar-refractivity contribution is 1.26. The summed E-state index contributed by atoms with van der Waals surface area (Å²) in [5.41, 5.74) is 36.0. The van der Waals surface area contributed by atoms with Crippen LogP contribution in [-0.4, -0.2) is 0 Å². The van der Waals surface area contributed by atoms with Gasteiger partial charge in [0.15, 0.2) is 0 Å². The third-order valence-electron chi connectivity index (χ3n) is 5.76. The van der Waals surface area contributed by atoms with Crippen LogP contribution < -0.4 is 22.9 Å². The summed E-state index contributed by atoms with van der Waals surface area (Å²) in [5, 5.41) is 0. The summed E-state index contributed by atoms with van der Waals surface area (Å²) in [6.07, 6.45) is 0.878. The average molecular weight is 378 g/mol. The van der Waals surface area contributed by atoms with Gasteiger partial charge in [0.1, 0.15) is 0 Å². The van der Waals surface area contributed by atoms with Gasteiger partial charge >= 0.3 is 0 Å². The molecule has 0 saturated heterocycles. The highest BCUT2D eigenvalue weighted by atomic mass is 14.7. The Morgan fingerprint density at radius 3 is 1.86 bits per heavy atom. The van der Waals surface area contributed by atoms with Gasteiger partial charge in [0, 0.05) is 0 Å². The first kappa shape index (κ1) is 17.2. The average Bonchev–Trinajstić information content (AvgIpc) is 3.10. The zero-order chi connectivity index (χ0) is 20.1. The van der Waals surface area contributed by atoms with Crippen molar-refractivity contribution in [1.29, 1.82) is 0 Å². The van der Waals surface area contributed by atoms with E-state index < -0.39 is 0 Å². The molecule has 0 atom stereocenters. The molecule has 29 heavy (non-hydrogen) atoms. The third-order valence-corrected chi connectivity index (χ3v) is 5.76. The Bertz CT molecular complexity index is 1270. The Labute approximate surface area is 169 Å². The van der Waals surface area contributed by atoms with Crippen molar-refractivity contribution in [1.82, 2.24) is 0 Å². The van der Waals surface area contributed by atoms with Gasteiger partial charge in [0.2, 0.25) is 0 Å². The second kappa shape index (κ2) is 6.31. The molecule has 0 aromatic heterocycles.